The Morgan fingerprint density at radius 3 is 2.56 bits per heavy atom. The largest absolute Gasteiger partial charge is 0.467 e. The molecular formula is C10H10BrF3O2. The Bertz CT molecular complexity index is 352. The van der Waals surface area contributed by atoms with E-state index in [2.05, 4.69) is 15.9 Å². The van der Waals surface area contributed by atoms with Crippen molar-refractivity contribution < 1.29 is 22.6 Å². The maximum atomic E-state index is 12.6. The van der Waals surface area contributed by atoms with Crippen LogP contribution in [-0.4, -0.2) is 13.4 Å². The molecule has 90 valence electrons. The van der Waals surface area contributed by atoms with Crippen LogP contribution in [0.15, 0.2) is 22.7 Å². The molecule has 0 bridgehead atoms. The Kier molecular flexibility index (Phi) is 4.61. The molecule has 6 heteroatoms. The number of hydrogen-bond donors (Lipinski definition) is 0. The van der Waals surface area contributed by atoms with E-state index in [9.17, 15) is 13.2 Å². The summed E-state index contributed by atoms with van der Waals surface area (Å²) >= 11 is 2.98. The molecule has 0 amide bonds. The van der Waals surface area contributed by atoms with Gasteiger partial charge in [0.2, 0.25) is 0 Å². The fraction of sp³-hybridized carbons (Fsp3) is 0.400. The van der Waals surface area contributed by atoms with E-state index in [1.54, 1.807) is 6.92 Å². The monoisotopic (exact) mass is 298 g/mol. The molecule has 1 aromatic carbocycles. The molecule has 16 heavy (non-hydrogen) atoms. The van der Waals surface area contributed by atoms with E-state index in [-0.39, 0.29) is 12.5 Å². The summed E-state index contributed by atoms with van der Waals surface area (Å²) in [5, 5.41) is 0. The lowest BCUT2D eigenvalue weighted by Crippen LogP contribution is -2.10. The van der Waals surface area contributed by atoms with Gasteiger partial charge in [-0.05, 0) is 25.1 Å². The Balaban J connectivity index is 2.90. The smallest absolute Gasteiger partial charge is 0.420 e. The van der Waals surface area contributed by atoms with Gasteiger partial charge < -0.3 is 9.47 Å². The molecule has 0 N–H and O–H groups in total. The summed E-state index contributed by atoms with van der Waals surface area (Å²) in [6.45, 7) is 1.93. The predicted octanol–water partition coefficient (Wildman–Crippen LogP) is 3.84. The maximum absolute atomic E-state index is 12.6. The van der Waals surface area contributed by atoms with E-state index in [0.717, 1.165) is 6.07 Å². The highest BCUT2D eigenvalue weighted by Crippen LogP contribution is 2.37. The minimum Gasteiger partial charge on any atom is -0.467 e. The first-order valence-corrected chi connectivity index (χ1v) is 5.31. The lowest BCUT2D eigenvalue weighted by atomic mass is 10.2. The fourth-order valence-electron chi connectivity index (χ4n) is 1.04. The average molecular weight is 299 g/mol. The minimum atomic E-state index is -4.44. The summed E-state index contributed by atoms with van der Waals surface area (Å²) in [5.41, 5.74) is -0.818. The molecule has 0 saturated heterocycles. The Labute approximate surface area is 99.5 Å². The molecule has 2 nitrogen and oxygen atoms in total. The van der Waals surface area contributed by atoms with Gasteiger partial charge in [0.15, 0.2) is 6.79 Å². The summed E-state index contributed by atoms with van der Waals surface area (Å²) in [6, 6.07) is 3.71. The van der Waals surface area contributed by atoms with Gasteiger partial charge in [0.25, 0.3) is 0 Å². The number of rotatable bonds is 4. The van der Waals surface area contributed by atoms with Gasteiger partial charge in [0.1, 0.15) is 5.75 Å². The van der Waals surface area contributed by atoms with E-state index in [1.165, 1.54) is 12.1 Å². The van der Waals surface area contributed by atoms with Crippen molar-refractivity contribution >= 4 is 15.9 Å². The summed E-state index contributed by atoms with van der Waals surface area (Å²) in [7, 11) is 0. The molecule has 1 rings (SSSR count). The van der Waals surface area contributed by atoms with Gasteiger partial charge in [-0.25, -0.2) is 0 Å². The van der Waals surface area contributed by atoms with Gasteiger partial charge in [-0.1, -0.05) is 15.9 Å². The second kappa shape index (κ2) is 5.54. The first-order chi connectivity index (χ1) is 7.45. The van der Waals surface area contributed by atoms with Gasteiger partial charge in [-0.3, -0.25) is 0 Å². The van der Waals surface area contributed by atoms with E-state index in [4.69, 9.17) is 9.47 Å². The lowest BCUT2D eigenvalue weighted by molar-refractivity contribution is -0.139. The van der Waals surface area contributed by atoms with Crippen LogP contribution in [0, 0.1) is 0 Å². The van der Waals surface area contributed by atoms with Gasteiger partial charge >= 0.3 is 6.18 Å². The van der Waals surface area contributed by atoms with Crippen molar-refractivity contribution in [2.24, 2.45) is 0 Å². The van der Waals surface area contributed by atoms with Crippen molar-refractivity contribution in [2.75, 3.05) is 13.4 Å². The SMILES string of the molecule is CCOCOc1ccc(Br)cc1C(F)(F)F. The Morgan fingerprint density at radius 2 is 2.00 bits per heavy atom. The third-order valence-corrected chi connectivity index (χ3v) is 2.24. The molecule has 0 spiro atoms. The topological polar surface area (TPSA) is 18.5 Å². The van der Waals surface area contributed by atoms with Crippen LogP contribution in [0.1, 0.15) is 12.5 Å². The zero-order chi connectivity index (χ0) is 12.2. The van der Waals surface area contributed by atoms with Crippen LogP contribution in [0.2, 0.25) is 0 Å². The van der Waals surface area contributed by atoms with Crippen LogP contribution >= 0.6 is 15.9 Å². The van der Waals surface area contributed by atoms with Crippen molar-refractivity contribution in [3.63, 3.8) is 0 Å². The quantitative estimate of drug-likeness (QED) is 0.621. The zero-order valence-corrected chi connectivity index (χ0v) is 10.1. The minimum absolute atomic E-state index is 0.193. The maximum Gasteiger partial charge on any atom is 0.420 e. The summed E-state index contributed by atoms with van der Waals surface area (Å²) in [4.78, 5) is 0. The van der Waals surface area contributed by atoms with Crippen molar-refractivity contribution in [2.45, 2.75) is 13.1 Å². The van der Waals surface area contributed by atoms with Gasteiger partial charge in [-0.2, -0.15) is 13.2 Å². The van der Waals surface area contributed by atoms with E-state index in [0.29, 0.717) is 11.1 Å². The van der Waals surface area contributed by atoms with Crippen LogP contribution in [0.5, 0.6) is 5.75 Å². The van der Waals surface area contributed by atoms with Crippen molar-refractivity contribution in [3.8, 4) is 5.75 Å². The summed E-state index contributed by atoms with van der Waals surface area (Å²) < 4.78 is 47.9. The van der Waals surface area contributed by atoms with Crippen LogP contribution in [0.3, 0.4) is 0 Å². The molecule has 0 aromatic heterocycles. The highest BCUT2D eigenvalue weighted by molar-refractivity contribution is 9.10. The molecular weight excluding hydrogens is 289 g/mol. The van der Waals surface area contributed by atoms with Crippen LogP contribution in [-0.2, 0) is 10.9 Å². The second-order valence-corrected chi connectivity index (χ2v) is 3.81. The molecule has 0 aliphatic carbocycles. The highest BCUT2D eigenvalue weighted by Gasteiger charge is 2.34. The van der Waals surface area contributed by atoms with Crippen molar-refractivity contribution in [1.82, 2.24) is 0 Å². The summed E-state index contributed by atoms with van der Waals surface area (Å²) in [5.74, 6) is -0.232. The molecule has 0 aliphatic heterocycles. The Hall–Kier alpha value is -0.750. The zero-order valence-electron chi connectivity index (χ0n) is 8.47. The summed E-state index contributed by atoms with van der Waals surface area (Å²) in [6.07, 6.45) is -4.44. The first-order valence-electron chi connectivity index (χ1n) is 4.52. The standard InChI is InChI=1S/C10H10BrF3O2/c1-2-15-6-16-9-4-3-7(11)5-8(9)10(12,13)14/h3-5H,2,6H2,1H3. The van der Waals surface area contributed by atoms with Gasteiger partial charge in [-0.15, -0.1) is 0 Å². The molecule has 1 aromatic rings. The lowest BCUT2D eigenvalue weighted by Gasteiger charge is -2.13. The van der Waals surface area contributed by atoms with Crippen LogP contribution in [0.25, 0.3) is 0 Å². The number of benzene rings is 1. The molecule has 0 unspecified atom stereocenters. The predicted molar refractivity (Wildman–Crippen MR) is 56.3 cm³/mol. The van der Waals surface area contributed by atoms with Gasteiger partial charge in [0.05, 0.1) is 5.56 Å². The van der Waals surface area contributed by atoms with Crippen LogP contribution < -0.4 is 4.74 Å². The second-order valence-electron chi connectivity index (χ2n) is 2.89. The number of alkyl halides is 3. The molecule has 0 radical (unpaired) electrons. The average Bonchev–Trinajstić information content (AvgIpc) is 2.19. The molecule has 0 aliphatic rings. The number of ether oxygens (including phenoxy) is 2. The molecule has 0 atom stereocenters. The van der Waals surface area contributed by atoms with Crippen molar-refractivity contribution in [1.29, 1.82) is 0 Å². The third kappa shape index (κ3) is 3.68. The van der Waals surface area contributed by atoms with Gasteiger partial charge in [0, 0.05) is 11.1 Å². The van der Waals surface area contributed by atoms with Crippen molar-refractivity contribution in [3.05, 3.63) is 28.2 Å². The van der Waals surface area contributed by atoms with E-state index >= 15 is 0 Å². The Morgan fingerprint density at radius 1 is 1.31 bits per heavy atom. The molecule has 0 saturated carbocycles. The normalized spacial score (nSPS) is 11.6. The molecule has 0 fully saturated rings. The third-order valence-electron chi connectivity index (χ3n) is 1.75. The first kappa shape index (κ1) is 13.3. The highest BCUT2D eigenvalue weighted by atomic mass is 79.9. The molecule has 0 heterocycles. The fourth-order valence-corrected chi connectivity index (χ4v) is 1.40. The number of halogens is 4. The van der Waals surface area contributed by atoms with E-state index < -0.39 is 11.7 Å². The number of hydrogen-bond acceptors (Lipinski definition) is 2. The van der Waals surface area contributed by atoms with E-state index in [1.807, 2.05) is 0 Å². The van der Waals surface area contributed by atoms with Crippen LogP contribution in [0.4, 0.5) is 13.2 Å².